The zero-order valence-electron chi connectivity index (χ0n) is 10.0. The molecule has 0 bridgehead atoms. The maximum absolute atomic E-state index is 11.6. The number of nitrogen functional groups attached to an aromatic ring is 1. The number of hydrogen-bond donors (Lipinski definition) is 2. The molecule has 1 amide bonds. The van der Waals surface area contributed by atoms with Gasteiger partial charge in [-0.15, -0.1) is 0 Å². The smallest absolute Gasteiger partial charge is 0.271 e. The maximum atomic E-state index is 11.6. The number of nitrogens with one attached hydrogen (secondary N) is 1. The first-order valence-electron chi connectivity index (χ1n) is 5.23. The molecule has 0 aliphatic heterocycles. The highest BCUT2D eigenvalue weighted by Gasteiger charge is 2.10. The Bertz CT molecular complexity index is 339. The standard InChI is InChI=1S/C10H19N5O/c1-14(2)6-4-5-12-10(16)8-7-9(11)15(3)13-8/h7H,4-6,11H2,1-3H3,(H,12,16). The van der Waals surface area contributed by atoms with Crippen LogP contribution in [0.4, 0.5) is 5.82 Å². The van der Waals surface area contributed by atoms with E-state index in [2.05, 4.69) is 15.3 Å². The van der Waals surface area contributed by atoms with E-state index >= 15 is 0 Å². The number of anilines is 1. The molecule has 0 spiro atoms. The largest absolute Gasteiger partial charge is 0.384 e. The molecule has 6 heteroatoms. The molecule has 0 atom stereocenters. The van der Waals surface area contributed by atoms with Crippen LogP contribution in [0.5, 0.6) is 0 Å². The van der Waals surface area contributed by atoms with E-state index in [1.807, 2.05) is 14.1 Å². The lowest BCUT2D eigenvalue weighted by molar-refractivity contribution is 0.0946. The summed E-state index contributed by atoms with van der Waals surface area (Å²) in [6.45, 7) is 1.60. The Morgan fingerprint density at radius 3 is 2.81 bits per heavy atom. The van der Waals surface area contributed by atoms with Gasteiger partial charge in [-0.05, 0) is 27.1 Å². The van der Waals surface area contributed by atoms with E-state index in [1.54, 1.807) is 13.1 Å². The summed E-state index contributed by atoms with van der Waals surface area (Å²) in [5.74, 6) is 0.310. The van der Waals surface area contributed by atoms with Crippen molar-refractivity contribution in [3.63, 3.8) is 0 Å². The molecule has 0 aliphatic carbocycles. The van der Waals surface area contributed by atoms with Crippen LogP contribution in [0.15, 0.2) is 6.07 Å². The van der Waals surface area contributed by atoms with Crippen molar-refractivity contribution in [2.45, 2.75) is 6.42 Å². The highest BCUT2D eigenvalue weighted by Crippen LogP contribution is 2.03. The van der Waals surface area contributed by atoms with Gasteiger partial charge in [0, 0.05) is 19.7 Å². The second kappa shape index (κ2) is 5.50. The van der Waals surface area contributed by atoms with Crippen molar-refractivity contribution in [2.75, 3.05) is 32.9 Å². The molecule has 0 saturated heterocycles. The van der Waals surface area contributed by atoms with Gasteiger partial charge in [-0.25, -0.2) is 0 Å². The first-order chi connectivity index (χ1) is 7.50. The maximum Gasteiger partial charge on any atom is 0.271 e. The van der Waals surface area contributed by atoms with E-state index in [0.717, 1.165) is 13.0 Å². The molecule has 1 heterocycles. The van der Waals surface area contributed by atoms with Crippen molar-refractivity contribution in [1.82, 2.24) is 20.0 Å². The van der Waals surface area contributed by atoms with E-state index in [-0.39, 0.29) is 5.91 Å². The van der Waals surface area contributed by atoms with Crippen LogP contribution in [-0.2, 0) is 7.05 Å². The van der Waals surface area contributed by atoms with Gasteiger partial charge >= 0.3 is 0 Å². The summed E-state index contributed by atoms with van der Waals surface area (Å²) in [5.41, 5.74) is 5.95. The number of amides is 1. The molecule has 90 valence electrons. The van der Waals surface area contributed by atoms with E-state index in [4.69, 9.17) is 5.73 Å². The Kier molecular flexibility index (Phi) is 4.30. The average Bonchev–Trinajstić information content (AvgIpc) is 2.54. The van der Waals surface area contributed by atoms with Gasteiger partial charge in [0.15, 0.2) is 5.69 Å². The number of aromatic nitrogens is 2. The lowest BCUT2D eigenvalue weighted by atomic mass is 10.3. The second-order valence-electron chi connectivity index (χ2n) is 3.99. The van der Waals surface area contributed by atoms with Crippen LogP contribution in [0.25, 0.3) is 0 Å². The van der Waals surface area contributed by atoms with Gasteiger partial charge < -0.3 is 16.0 Å². The molecule has 3 N–H and O–H groups in total. The van der Waals surface area contributed by atoms with Gasteiger partial charge in [0.1, 0.15) is 5.82 Å². The molecule has 0 radical (unpaired) electrons. The highest BCUT2D eigenvalue weighted by molar-refractivity contribution is 5.92. The van der Waals surface area contributed by atoms with Crippen LogP contribution in [0, 0.1) is 0 Å². The number of hydrogen-bond acceptors (Lipinski definition) is 4. The molecule has 1 rings (SSSR count). The van der Waals surface area contributed by atoms with Crippen molar-refractivity contribution >= 4 is 11.7 Å². The quantitative estimate of drug-likeness (QED) is 0.674. The first kappa shape index (κ1) is 12.5. The monoisotopic (exact) mass is 225 g/mol. The molecule has 0 fully saturated rings. The summed E-state index contributed by atoms with van der Waals surface area (Å²) in [5, 5.41) is 6.79. The molecule has 0 saturated carbocycles. The van der Waals surface area contributed by atoms with Crippen LogP contribution in [0.2, 0.25) is 0 Å². The topological polar surface area (TPSA) is 76.2 Å². The predicted molar refractivity (Wildman–Crippen MR) is 63.1 cm³/mol. The minimum Gasteiger partial charge on any atom is -0.384 e. The van der Waals surface area contributed by atoms with Crippen LogP contribution >= 0.6 is 0 Å². The molecule has 0 aromatic carbocycles. The first-order valence-corrected chi connectivity index (χ1v) is 5.23. The fraction of sp³-hybridized carbons (Fsp3) is 0.600. The normalized spacial score (nSPS) is 10.8. The number of aryl methyl sites for hydroxylation is 1. The zero-order valence-corrected chi connectivity index (χ0v) is 10.0. The Hall–Kier alpha value is -1.56. The van der Waals surface area contributed by atoms with E-state index in [9.17, 15) is 4.79 Å². The van der Waals surface area contributed by atoms with E-state index < -0.39 is 0 Å². The fourth-order valence-electron chi connectivity index (χ4n) is 1.28. The number of carbonyl (C=O) groups is 1. The molecule has 0 unspecified atom stereocenters. The summed E-state index contributed by atoms with van der Waals surface area (Å²) in [7, 11) is 5.71. The molecule has 1 aromatic rings. The third-order valence-corrected chi connectivity index (χ3v) is 2.22. The number of nitrogens with two attached hydrogens (primary N) is 1. The van der Waals surface area contributed by atoms with Gasteiger partial charge in [0.2, 0.25) is 0 Å². The van der Waals surface area contributed by atoms with Gasteiger partial charge in [0.05, 0.1) is 0 Å². The van der Waals surface area contributed by atoms with Crippen LogP contribution in [0.3, 0.4) is 0 Å². The summed E-state index contributed by atoms with van der Waals surface area (Å²) in [6.07, 6.45) is 0.918. The van der Waals surface area contributed by atoms with Gasteiger partial charge in [-0.3, -0.25) is 9.48 Å². The Balaban J connectivity index is 2.35. The summed E-state index contributed by atoms with van der Waals surface area (Å²) < 4.78 is 1.48. The summed E-state index contributed by atoms with van der Waals surface area (Å²) in [4.78, 5) is 13.7. The number of nitrogens with zero attached hydrogens (tertiary/aromatic N) is 3. The van der Waals surface area contributed by atoms with Gasteiger partial charge in [-0.2, -0.15) is 5.10 Å². The van der Waals surface area contributed by atoms with Crippen LogP contribution in [0.1, 0.15) is 16.9 Å². The SMILES string of the molecule is CN(C)CCCNC(=O)c1cc(N)n(C)n1. The lowest BCUT2D eigenvalue weighted by Crippen LogP contribution is -2.27. The Morgan fingerprint density at radius 2 is 2.31 bits per heavy atom. The van der Waals surface area contributed by atoms with Crippen molar-refractivity contribution < 1.29 is 4.79 Å². The zero-order chi connectivity index (χ0) is 12.1. The average molecular weight is 225 g/mol. The molecular weight excluding hydrogens is 206 g/mol. The van der Waals surface area contributed by atoms with Crippen molar-refractivity contribution in [2.24, 2.45) is 7.05 Å². The van der Waals surface area contributed by atoms with E-state index in [0.29, 0.717) is 18.1 Å². The van der Waals surface area contributed by atoms with Crippen molar-refractivity contribution in [3.8, 4) is 0 Å². The second-order valence-corrected chi connectivity index (χ2v) is 3.99. The number of carbonyl (C=O) groups excluding carboxylic acids is 1. The van der Waals surface area contributed by atoms with Crippen molar-refractivity contribution in [3.05, 3.63) is 11.8 Å². The van der Waals surface area contributed by atoms with Crippen LogP contribution < -0.4 is 11.1 Å². The third-order valence-electron chi connectivity index (χ3n) is 2.22. The fourth-order valence-corrected chi connectivity index (χ4v) is 1.28. The summed E-state index contributed by atoms with van der Waals surface area (Å²) in [6, 6.07) is 1.57. The Labute approximate surface area is 95.4 Å². The molecule has 0 aliphatic rings. The molecule has 1 aromatic heterocycles. The van der Waals surface area contributed by atoms with Gasteiger partial charge in [-0.1, -0.05) is 0 Å². The van der Waals surface area contributed by atoms with Crippen molar-refractivity contribution in [1.29, 1.82) is 0 Å². The predicted octanol–water partition coefficient (Wildman–Crippen LogP) is -0.316. The summed E-state index contributed by atoms with van der Waals surface area (Å²) >= 11 is 0. The third kappa shape index (κ3) is 3.54. The number of rotatable bonds is 5. The minimum absolute atomic E-state index is 0.175. The van der Waals surface area contributed by atoms with E-state index in [1.165, 1.54) is 4.68 Å². The molecule has 16 heavy (non-hydrogen) atoms. The highest BCUT2D eigenvalue weighted by atomic mass is 16.1. The lowest BCUT2D eigenvalue weighted by Gasteiger charge is -2.08. The molecular formula is C10H19N5O. The minimum atomic E-state index is -0.175. The van der Waals surface area contributed by atoms with Crippen LogP contribution in [-0.4, -0.2) is 47.8 Å². The Morgan fingerprint density at radius 1 is 1.62 bits per heavy atom. The van der Waals surface area contributed by atoms with Gasteiger partial charge in [0.25, 0.3) is 5.91 Å². The molecule has 6 nitrogen and oxygen atoms in total.